The number of halogens is 1. The zero-order chi connectivity index (χ0) is 15.1. The summed E-state index contributed by atoms with van der Waals surface area (Å²) in [6, 6.07) is 4.83. The Hall–Kier alpha value is -1.10. The Labute approximate surface area is 135 Å². The quantitative estimate of drug-likeness (QED) is 0.922. The molecule has 118 valence electrons. The van der Waals surface area contributed by atoms with Gasteiger partial charge in [-0.3, -0.25) is 10.00 Å². The van der Waals surface area contributed by atoms with Gasteiger partial charge in [0.05, 0.1) is 24.9 Å². The second-order valence-corrected chi connectivity index (χ2v) is 7.13. The topological polar surface area (TPSA) is 41.1 Å². The van der Waals surface area contributed by atoms with Crippen LogP contribution in [0.3, 0.4) is 0 Å². The monoisotopic (exact) mass is 319 g/mol. The molecule has 1 unspecified atom stereocenters. The van der Waals surface area contributed by atoms with Gasteiger partial charge in [0.15, 0.2) is 0 Å². The molecular formula is C17H22ClN3O. The van der Waals surface area contributed by atoms with Gasteiger partial charge in [-0.15, -0.1) is 0 Å². The van der Waals surface area contributed by atoms with Gasteiger partial charge in [-0.05, 0) is 55.5 Å². The first-order valence-corrected chi connectivity index (χ1v) is 8.54. The Morgan fingerprint density at radius 2 is 2.09 bits per heavy atom. The van der Waals surface area contributed by atoms with E-state index in [2.05, 4.69) is 28.1 Å². The number of fused-ring (bicyclic) bond motifs is 1. The van der Waals surface area contributed by atoms with Crippen molar-refractivity contribution < 1.29 is 4.74 Å². The molecule has 22 heavy (non-hydrogen) atoms. The number of piperidine rings is 1. The van der Waals surface area contributed by atoms with Crippen molar-refractivity contribution in [1.29, 1.82) is 0 Å². The van der Waals surface area contributed by atoms with Gasteiger partial charge in [-0.1, -0.05) is 18.5 Å². The molecule has 0 saturated carbocycles. The van der Waals surface area contributed by atoms with Crippen molar-refractivity contribution in [1.82, 2.24) is 15.1 Å². The zero-order valence-electron chi connectivity index (χ0n) is 12.9. The summed E-state index contributed by atoms with van der Waals surface area (Å²) in [4.78, 5) is 2.61. The van der Waals surface area contributed by atoms with Gasteiger partial charge in [-0.2, -0.15) is 5.10 Å². The Bertz CT molecular complexity index is 663. The number of benzene rings is 1. The van der Waals surface area contributed by atoms with Crippen molar-refractivity contribution in [3.8, 4) is 0 Å². The second kappa shape index (κ2) is 5.84. The summed E-state index contributed by atoms with van der Waals surface area (Å²) < 4.78 is 5.62. The highest BCUT2D eigenvalue weighted by molar-refractivity contribution is 6.32. The maximum atomic E-state index is 6.50. The predicted molar refractivity (Wildman–Crippen MR) is 88.4 cm³/mol. The summed E-state index contributed by atoms with van der Waals surface area (Å²) in [6.07, 6.45) is 4.17. The molecule has 4 rings (SSSR count). The van der Waals surface area contributed by atoms with Crippen LogP contribution in [-0.2, 0) is 4.74 Å². The highest BCUT2D eigenvalue weighted by Gasteiger charge is 2.33. The van der Waals surface area contributed by atoms with Crippen LogP contribution in [-0.4, -0.2) is 47.4 Å². The Morgan fingerprint density at radius 3 is 2.82 bits per heavy atom. The van der Waals surface area contributed by atoms with Crippen molar-refractivity contribution in [2.45, 2.75) is 31.7 Å². The molecule has 2 atom stereocenters. The third-order valence-electron chi connectivity index (χ3n) is 5.32. The molecule has 1 aromatic heterocycles. The van der Waals surface area contributed by atoms with Crippen LogP contribution in [0.1, 0.15) is 31.2 Å². The molecule has 3 heterocycles. The van der Waals surface area contributed by atoms with Gasteiger partial charge >= 0.3 is 0 Å². The lowest BCUT2D eigenvalue weighted by atomic mass is 9.87. The largest absolute Gasteiger partial charge is 0.379 e. The molecule has 2 aliphatic rings. The number of nitrogens with one attached hydrogen (secondary N) is 1. The lowest BCUT2D eigenvalue weighted by Crippen LogP contribution is -2.44. The molecule has 0 radical (unpaired) electrons. The van der Waals surface area contributed by atoms with Crippen LogP contribution in [0.5, 0.6) is 0 Å². The Balaban J connectivity index is 1.49. The van der Waals surface area contributed by atoms with E-state index in [1.165, 1.54) is 18.4 Å². The third-order valence-corrected chi connectivity index (χ3v) is 5.65. The summed E-state index contributed by atoms with van der Waals surface area (Å²) in [5.74, 6) is 1.20. The zero-order valence-corrected chi connectivity index (χ0v) is 13.6. The molecule has 5 heteroatoms. The summed E-state index contributed by atoms with van der Waals surface area (Å²) >= 11 is 6.50. The molecule has 1 aromatic carbocycles. The average Bonchev–Trinajstić information content (AvgIpc) is 3.15. The summed E-state index contributed by atoms with van der Waals surface area (Å²) in [5.41, 5.74) is 2.36. The number of aromatic amines is 1. The summed E-state index contributed by atoms with van der Waals surface area (Å²) in [6.45, 7) is 6.38. The third kappa shape index (κ3) is 2.53. The molecule has 2 aromatic rings. The number of ether oxygens (including phenoxy) is 1. The molecule has 0 amide bonds. The van der Waals surface area contributed by atoms with Crippen molar-refractivity contribution in [3.63, 3.8) is 0 Å². The van der Waals surface area contributed by atoms with Gasteiger partial charge in [0, 0.05) is 16.5 Å². The smallest absolute Gasteiger partial charge is 0.0654 e. The summed E-state index contributed by atoms with van der Waals surface area (Å²) in [7, 11) is 0. The molecule has 1 N–H and O–H groups in total. The van der Waals surface area contributed by atoms with Crippen molar-refractivity contribution in [2.24, 2.45) is 5.92 Å². The van der Waals surface area contributed by atoms with Gasteiger partial charge in [-0.25, -0.2) is 0 Å². The highest BCUT2D eigenvalue weighted by atomic mass is 35.5. The number of H-pyrrole nitrogens is 1. The van der Waals surface area contributed by atoms with Crippen LogP contribution in [0.15, 0.2) is 18.3 Å². The number of hydrogen-bond donors (Lipinski definition) is 1. The van der Waals surface area contributed by atoms with E-state index in [4.69, 9.17) is 16.3 Å². The lowest BCUT2D eigenvalue weighted by molar-refractivity contribution is 0.116. The molecular weight excluding hydrogens is 298 g/mol. The van der Waals surface area contributed by atoms with Gasteiger partial charge in [0.2, 0.25) is 0 Å². The molecule has 2 saturated heterocycles. The fourth-order valence-corrected chi connectivity index (χ4v) is 4.28. The fraction of sp³-hybridized carbons (Fsp3) is 0.588. The normalized spacial score (nSPS) is 27.7. The van der Waals surface area contributed by atoms with E-state index in [0.717, 1.165) is 42.2 Å². The van der Waals surface area contributed by atoms with Gasteiger partial charge in [0.1, 0.15) is 0 Å². The standard InChI is InChI=1S/C17H22ClN3O/c1-11-9-22-10-17(11)21-4-2-12(3-5-21)14-7-16-13(6-15(14)18)8-19-20-16/h6-8,11-12,17H,2-5,9-10H2,1H3,(H,19,20)/t11-,17?/m0/s1. The number of nitrogens with zero attached hydrogens (tertiary/aromatic N) is 2. The van der Waals surface area contributed by atoms with Crippen molar-refractivity contribution in [3.05, 3.63) is 28.9 Å². The molecule has 2 fully saturated rings. The number of hydrogen-bond acceptors (Lipinski definition) is 3. The van der Waals surface area contributed by atoms with E-state index in [-0.39, 0.29) is 0 Å². The van der Waals surface area contributed by atoms with Gasteiger partial charge < -0.3 is 4.74 Å². The minimum Gasteiger partial charge on any atom is -0.379 e. The average molecular weight is 320 g/mol. The first-order valence-electron chi connectivity index (χ1n) is 8.16. The first-order chi connectivity index (χ1) is 10.7. The van der Waals surface area contributed by atoms with E-state index in [9.17, 15) is 0 Å². The number of rotatable bonds is 2. The summed E-state index contributed by atoms with van der Waals surface area (Å²) in [5, 5.41) is 9.11. The number of likely N-dealkylation sites (tertiary alicyclic amines) is 1. The van der Waals surface area contributed by atoms with E-state index in [1.807, 2.05) is 12.3 Å². The van der Waals surface area contributed by atoms with Crippen molar-refractivity contribution in [2.75, 3.05) is 26.3 Å². The molecule has 4 nitrogen and oxygen atoms in total. The Morgan fingerprint density at radius 1 is 1.27 bits per heavy atom. The maximum Gasteiger partial charge on any atom is 0.0654 e. The van der Waals surface area contributed by atoms with Crippen LogP contribution >= 0.6 is 11.6 Å². The van der Waals surface area contributed by atoms with E-state index < -0.39 is 0 Å². The number of aromatic nitrogens is 2. The van der Waals surface area contributed by atoms with E-state index >= 15 is 0 Å². The SMILES string of the molecule is C[C@H]1COCC1N1CCC(c2cc3[nH]ncc3cc2Cl)CC1. The molecule has 0 spiro atoms. The van der Waals surface area contributed by atoms with E-state index in [0.29, 0.717) is 17.9 Å². The van der Waals surface area contributed by atoms with Crippen LogP contribution in [0.4, 0.5) is 0 Å². The second-order valence-electron chi connectivity index (χ2n) is 6.72. The lowest BCUT2D eigenvalue weighted by Gasteiger charge is -2.37. The minimum atomic E-state index is 0.550. The highest BCUT2D eigenvalue weighted by Crippen LogP contribution is 2.36. The van der Waals surface area contributed by atoms with Crippen LogP contribution in [0, 0.1) is 5.92 Å². The first kappa shape index (κ1) is 14.5. The molecule has 0 aliphatic carbocycles. The van der Waals surface area contributed by atoms with Crippen LogP contribution in [0.25, 0.3) is 10.9 Å². The van der Waals surface area contributed by atoms with Crippen LogP contribution in [0.2, 0.25) is 5.02 Å². The predicted octanol–water partition coefficient (Wildman–Crippen LogP) is 3.43. The van der Waals surface area contributed by atoms with Gasteiger partial charge in [0.25, 0.3) is 0 Å². The van der Waals surface area contributed by atoms with E-state index in [1.54, 1.807) is 0 Å². The Kier molecular flexibility index (Phi) is 3.84. The fourth-order valence-electron chi connectivity index (χ4n) is 3.95. The van der Waals surface area contributed by atoms with Crippen molar-refractivity contribution >= 4 is 22.5 Å². The van der Waals surface area contributed by atoms with Crippen LogP contribution < -0.4 is 0 Å². The minimum absolute atomic E-state index is 0.550. The molecule has 0 bridgehead atoms. The molecule has 2 aliphatic heterocycles. The maximum absolute atomic E-state index is 6.50.